The summed E-state index contributed by atoms with van der Waals surface area (Å²) in [4.78, 5) is 11.1. The first-order chi connectivity index (χ1) is 5.70. The molecule has 0 bridgehead atoms. The van der Waals surface area contributed by atoms with Crippen LogP contribution in [0.25, 0.3) is 0 Å². The fraction of sp³-hybridized carbons (Fsp3) is 0.556. The Morgan fingerprint density at radius 1 is 1.67 bits per heavy atom. The number of carbonyl (C=O) groups excluding carboxylic acids is 1. The third-order valence-electron chi connectivity index (χ3n) is 2.51. The quantitative estimate of drug-likeness (QED) is 0.634. The third kappa shape index (κ3) is 0.891. The number of Topliss-reactive ketones (excluding diaryl/α,β-unsaturated/α-hetero) is 1. The molecule has 64 valence electrons. The molecule has 0 saturated carbocycles. The second-order valence-electron chi connectivity index (χ2n) is 3.31. The van der Waals surface area contributed by atoms with Crippen molar-refractivity contribution < 1.29 is 9.32 Å². The van der Waals surface area contributed by atoms with Crippen LogP contribution in [0.2, 0.25) is 0 Å². The lowest BCUT2D eigenvalue weighted by atomic mass is 10.0. The average Bonchev–Trinajstić information content (AvgIpc) is 2.53. The van der Waals surface area contributed by atoms with Crippen molar-refractivity contribution in [2.45, 2.75) is 32.6 Å². The largest absolute Gasteiger partial charge is 0.360 e. The number of ketones is 1. The van der Waals surface area contributed by atoms with Crippen molar-refractivity contribution in [1.29, 1.82) is 0 Å². The zero-order chi connectivity index (χ0) is 8.72. The van der Waals surface area contributed by atoms with Crippen LogP contribution in [0.4, 0.5) is 0 Å². The van der Waals surface area contributed by atoms with Crippen molar-refractivity contribution in [2.75, 3.05) is 0 Å². The Morgan fingerprint density at radius 2 is 2.42 bits per heavy atom. The Hall–Kier alpha value is -1.12. The Balaban J connectivity index is 2.43. The van der Waals surface area contributed by atoms with Crippen LogP contribution in [0.5, 0.6) is 0 Å². The molecule has 3 nitrogen and oxygen atoms in total. The van der Waals surface area contributed by atoms with Gasteiger partial charge in [0.15, 0.2) is 5.76 Å². The van der Waals surface area contributed by atoms with Crippen LogP contribution in [0.15, 0.2) is 4.52 Å². The number of carbonyl (C=O) groups is 1. The van der Waals surface area contributed by atoms with E-state index in [4.69, 9.17) is 4.52 Å². The number of nitrogens with zero attached hydrogens (tertiary/aromatic N) is 1. The van der Waals surface area contributed by atoms with Crippen LogP contribution < -0.4 is 0 Å². The van der Waals surface area contributed by atoms with Crippen molar-refractivity contribution in [3.63, 3.8) is 0 Å². The molecular formula is C9H11NO2. The fourth-order valence-electron chi connectivity index (χ4n) is 1.79. The van der Waals surface area contributed by atoms with E-state index in [2.05, 4.69) is 5.16 Å². The molecule has 0 amide bonds. The highest BCUT2D eigenvalue weighted by molar-refractivity contribution is 5.83. The molecule has 1 aliphatic carbocycles. The number of hydrogen-bond acceptors (Lipinski definition) is 3. The highest BCUT2D eigenvalue weighted by atomic mass is 16.5. The minimum absolute atomic E-state index is 0.0267. The van der Waals surface area contributed by atoms with Crippen LogP contribution in [0.1, 0.15) is 36.3 Å². The molecule has 0 radical (unpaired) electrons. The van der Waals surface area contributed by atoms with Crippen molar-refractivity contribution in [2.24, 2.45) is 0 Å². The molecule has 0 saturated heterocycles. The average molecular weight is 165 g/mol. The molecule has 1 aromatic rings. The summed E-state index contributed by atoms with van der Waals surface area (Å²) < 4.78 is 5.11. The maximum atomic E-state index is 11.1. The number of rotatable bonds is 1. The maximum absolute atomic E-state index is 11.1. The van der Waals surface area contributed by atoms with E-state index in [1.807, 2.05) is 6.92 Å². The van der Waals surface area contributed by atoms with Gasteiger partial charge in [-0.1, -0.05) is 5.16 Å². The Kier molecular flexibility index (Phi) is 1.53. The summed E-state index contributed by atoms with van der Waals surface area (Å²) in [5.74, 6) is 0.964. The predicted octanol–water partition coefficient (Wildman–Crippen LogP) is 1.60. The van der Waals surface area contributed by atoms with Gasteiger partial charge in [-0.15, -0.1) is 0 Å². The van der Waals surface area contributed by atoms with E-state index in [9.17, 15) is 4.79 Å². The first-order valence-corrected chi connectivity index (χ1v) is 4.15. The number of aryl methyl sites for hydroxylation is 1. The lowest BCUT2D eigenvalue weighted by Crippen LogP contribution is -2.03. The molecule has 1 atom stereocenters. The Morgan fingerprint density at radius 3 is 3.08 bits per heavy atom. The molecule has 1 heterocycles. The van der Waals surface area contributed by atoms with Gasteiger partial charge in [0, 0.05) is 5.56 Å². The van der Waals surface area contributed by atoms with Crippen molar-refractivity contribution >= 4 is 5.78 Å². The highest BCUT2D eigenvalue weighted by Gasteiger charge is 2.31. The molecule has 0 aliphatic heterocycles. The van der Waals surface area contributed by atoms with Crippen LogP contribution in [-0.4, -0.2) is 10.9 Å². The van der Waals surface area contributed by atoms with Crippen LogP contribution in [0.3, 0.4) is 0 Å². The highest BCUT2D eigenvalue weighted by Crippen LogP contribution is 2.35. The smallest absolute Gasteiger partial charge is 0.150 e. The Bertz CT molecular complexity index is 327. The summed E-state index contributed by atoms with van der Waals surface area (Å²) in [6.07, 6.45) is 1.84. The number of aromatic nitrogens is 1. The minimum Gasteiger partial charge on any atom is -0.360 e. The summed E-state index contributed by atoms with van der Waals surface area (Å²) in [5, 5.41) is 3.84. The van der Waals surface area contributed by atoms with Crippen molar-refractivity contribution in [3.8, 4) is 0 Å². The maximum Gasteiger partial charge on any atom is 0.150 e. The first kappa shape index (κ1) is 7.53. The van der Waals surface area contributed by atoms with Gasteiger partial charge in [-0.25, -0.2) is 0 Å². The van der Waals surface area contributed by atoms with Gasteiger partial charge in [0.1, 0.15) is 5.78 Å². The van der Waals surface area contributed by atoms with E-state index in [-0.39, 0.29) is 11.7 Å². The third-order valence-corrected chi connectivity index (χ3v) is 2.51. The van der Waals surface area contributed by atoms with Gasteiger partial charge in [-0.2, -0.15) is 0 Å². The summed E-state index contributed by atoms with van der Waals surface area (Å²) in [6, 6.07) is 0. The Labute approximate surface area is 70.7 Å². The van der Waals surface area contributed by atoms with Gasteiger partial charge >= 0.3 is 0 Å². The van der Waals surface area contributed by atoms with E-state index < -0.39 is 0 Å². The summed E-state index contributed by atoms with van der Waals surface area (Å²) >= 11 is 0. The number of fused-ring (bicyclic) bond motifs is 1. The molecule has 0 aromatic carbocycles. The molecule has 0 spiro atoms. The molecule has 12 heavy (non-hydrogen) atoms. The van der Waals surface area contributed by atoms with Gasteiger partial charge in [-0.3, -0.25) is 4.79 Å². The lowest BCUT2D eigenvalue weighted by molar-refractivity contribution is -0.118. The lowest BCUT2D eigenvalue weighted by Gasteiger charge is -1.99. The summed E-state index contributed by atoms with van der Waals surface area (Å²) in [7, 11) is 0. The van der Waals surface area contributed by atoms with Crippen molar-refractivity contribution in [3.05, 3.63) is 17.0 Å². The van der Waals surface area contributed by atoms with Gasteiger partial charge in [0.25, 0.3) is 0 Å². The van der Waals surface area contributed by atoms with Gasteiger partial charge in [0.05, 0.1) is 11.6 Å². The van der Waals surface area contributed by atoms with Crippen LogP contribution in [-0.2, 0) is 11.2 Å². The monoisotopic (exact) mass is 165 g/mol. The van der Waals surface area contributed by atoms with E-state index in [0.29, 0.717) is 0 Å². The topological polar surface area (TPSA) is 43.1 Å². The van der Waals surface area contributed by atoms with Gasteiger partial charge < -0.3 is 4.52 Å². The molecule has 0 fully saturated rings. The zero-order valence-electron chi connectivity index (χ0n) is 7.26. The van der Waals surface area contributed by atoms with Crippen LogP contribution in [0, 0.1) is 6.92 Å². The zero-order valence-corrected chi connectivity index (χ0v) is 7.26. The standard InChI is InChI=1S/C9H11NO2/c1-5-7-3-4-8(6(2)11)9(7)12-10-5/h8H,3-4H2,1-2H3. The normalized spacial score (nSPS) is 21.0. The molecule has 3 heteroatoms. The van der Waals surface area contributed by atoms with E-state index in [1.165, 1.54) is 0 Å². The first-order valence-electron chi connectivity index (χ1n) is 4.15. The van der Waals surface area contributed by atoms with Crippen molar-refractivity contribution in [1.82, 2.24) is 5.16 Å². The van der Waals surface area contributed by atoms with Gasteiger partial charge in [-0.05, 0) is 26.7 Å². The minimum atomic E-state index is -0.0267. The SMILES string of the molecule is CC(=O)C1CCc2c(C)noc21. The van der Waals surface area contributed by atoms with Gasteiger partial charge in [0.2, 0.25) is 0 Å². The number of hydrogen-bond donors (Lipinski definition) is 0. The second kappa shape index (κ2) is 2.44. The second-order valence-corrected chi connectivity index (χ2v) is 3.31. The van der Waals surface area contributed by atoms with E-state index >= 15 is 0 Å². The molecular weight excluding hydrogens is 154 g/mol. The molecule has 1 aromatic heterocycles. The predicted molar refractivity (Wildman–Crippen MR) is 43.0 cm³/mol. The van der Waals surface area contributed by atoms with E-state index in [0.717, 1.165) is 29.9 Å². The fourth-order valence-corrected chi connectivity index (χ4v) is 1.79. The van der Waals surface area contributed by atoms with Crippen LogP contribution >= 0.6 is 0 Å². The molecule has 1 aliphatic rings. The molecule has 1 unspecified atom stereocenters. The summed E-state index contributed by atoms with van der Waals surface area (Å²) in [6.45, 7) is 3.53. The summed E-state index contributed by atoms with van der Waals surface area (Å²) in [5.41, 5.74) is 2.09. The van der Waals surface area contributed by atoms with E-state index in [1.54, 1.807) is 6.92 Å². The molecule has 0 N–H and O–H groups in total. The molecule has 2 rings (SSSR count).